The lowest BCUT2D eigenvalue weighted by molar-refractivity contribution is 0.155. The van der Waals surface area contributed by atoms with Crippen LogP contribution in [0.3, 0.4) is 0 Å². The number of nitrogens with one attached hydrogen (secondary N) is 1. The molecule has 1 N–H and O–H groups in total. The molecule has 1 aliphatic heterocycles. The van der Waals surface area contributed by atoms with Crippen LogP contribution in [0, 0.1) is 5.82 Å². The lowest BCUT2D eigenvalue weighted by Crippen LogP contribution is -2.57. The first kappa shape index (κ1) is 11.7. The summed E-state index contributed by atoms with van der Waals surface area (Å²) in [6, 6.07) is 7.05. The highest BCUT2D eigenvalue weighted by molar-refractivity contribution is 7.99. The van der Waals surface area contributed by atoms with Crippen molar-refractivity contribution in [2.24, 2.45) is 0 Å². The van der Waals surface area contributed by atoms with Gasteiger partial charge in [0.1, 0.15) is 5.82 Å². The van der Waals surface area contributed by atoms with Gasteiger partial charge in [0, 0.05) is 18.8 Å². The molecule has 1 atom stereocenters. The highest BCUT2D eigenvalue weighted by Gasteiger charge is 2.29. The van der Waals surface area contributed by atoms with E-state index in [1.807, 2.05) is 11.8 Å². The molecule has 1 aromatic rings. The van der Waals surface area contributed by atoms with Crippen LogP contribution in [0.1, 0.15) is 6.92 Å². The first-order valence-electron chi connectivity index (χ1n) is 5.48. The van der Waals surface area contributed by atoms with Crippen molar-refractivity contribution in [3.05, 3.63) is 30.1 Å². The van der Waals surface area contributed by atoms with Crippen LogP contribution < -0.4 is 5.32 Å². The average molecular weight is 240 g/mol. The number of hydrogen-bond donors (Lipinski definition) is 1. The van der Waals surface area contributed by atoms with E-state index in [0.717, 1.165) is 18.8 Å². The van der Waals surface area contributed by atoms with Crippen molar-refractivity contribution >= 4 is 17.4 Å². The average Bonchev–Trinajstić information content (AvgIpc) is 2.24. The lowest BCUT2D eigenvalue weighted by Gasteiger charge is -2.43. The van der Waals surface area contributed by atoms with Crippen LogP contribution in [0.15, 0.2) is 24.3 Å². The molecule has 0 radical (unpaired) electrons. The lowest BCUT2D eigenvalue weighted by atomic mass is 10.1. The molecule has 1 fully saturated rings. The summed E-state index contributed by atoms with van der Waals surface area (Å²) in [6.07, 6.45) is 2.13. The van der Waals surface area contributed by atoms with Gasteiger partial charge in [-0.1, -0.05) is 0 Å². The van der Waals surface area contributed by atoms with E-state index in [-0.39, 0.29) is 5.82 Å². The summed E-state index contributed by atoms with van der Waals surface area (Å²) in [4.78, 5) is 2.42. The van der Waals surface area contributed by atoms with Gasteiger partial charge in [-0.3, -0.25) is 4.90 Å². The van der Waals surface area contributed by atoms with Crippen LogP contribution in [-0.2, 0) is 0 Å². The molecule has 0 bridgehead atoms. The minimum absolute atomic E-state index is 0.184. The number of nitrogens with zero attached hydrogens (tertiary/aromatic N) is 1. The van der Waals surface area contributed by atoms with Gasteiger partial charge >= 0.3 is 0 Å². The Balaban J connectivity index is 1.79. The van der Waals surface area contributed by atoms with E-state index in [4.69, 9.17) is 0 Å². The third kappa shape index (κ3) is 2.68. The van der Waals surface area contributed by atoms with Crippen LogP contribution in [-0.4, -0.2) is 35.7 Å². The van der Waals surface area contributed by atoms with Gasteiger partial charge in [0.2, 0.25) is 0 Å². The molecule has 0 spiro atoms. The minimum atomic E-state index is -0.184. The highest BCUT2D eigenvalue weighted by atomic mass is 32.2. The highest BCUT2D eigenvalue weighted by Crippen LogP contribution is 2.21. The van der Waals surface area contributed by atoms with Crippen LogP contribution in [0.25, 0.3) is 0 Å². The third-order valence-corrected chi connectivity index (χ3v) is 3.96. The maximum absolute atomic E-state index is 12.7. The van der Waals surface area contributed by atoms with Crippen molar-refractivity contribution in [1.82, 2.24) is 4.90 Å². The predicted octanol–water partition coefficient (Wildman–Crippen LogP) is 2.63. The Kier molecular flexibility index (Phi) is 3.71. The summed E-state index contributed by atoms with van der Waals surface area (Å²) < 4.78 is 12.7. The topological polar surface area (TPSA) is 15.3 Å². The standard InChI is InChI=1S/C12H17FN2S/c1-9(16-2)15-7-12(8-15)14-11-5-3-10(13)4-6-11/h3-6,9,12,14H,7-8H2,1-2H3. The van der Waals surface area contributed by atoms with Gasteiger partial charge in [-0.15, -0.1) is 11.8 Å². The van der Waals surface area contributed by atoms with Crippen LogP contribution in [0.5, 0.6) is 0 Å². The smallest absolute Gasteiger partial charge is 0.123 e. The van der Waals surface area contributed by atoms with E-state index in [0.29, 0.717) is 11.4 Å². The van der Waals surface area contributed by atoms with Gasteiger partial charge in [0.15, 0.2) is 0 Å². The molecule has 1 heterocycles. The molecule has 0 aromatic heterocycles. The molecule has 88 valence electrons. The Morgan fingerprint density at radius 1 is 1.38 bits per heavy atom. The fraction of sp³-hybridized carbons (Fsp3) is 0.500. The van der Waals surface area contributed by atoms with Gasteiger partial charge in [0.05, 0.1) is 11.4 Å². The Morgan fingerprint density at radius 2 is 2.00 bits per heavy atom. The van der Waals surface area contributed by atoms with Crippen molar-refractivity contribution in [3.63, 3.8) is 0 Å². The summed E-state index contributed by atoms with van der Waals surface area (Å²) in [6.45, 7) is 4.36. The fourth-order valence-electron chi connectivity index (χ4n) is 1.83. The molecular formula is C12H17FN2S. The zero-order valence-electron chi connectivity index (χ0n) is 9.61. The molecule has 1 saturated heterocycles. The second-order valence-corrected chi connectivity index (χ2v) is 5.29. The predicted molar refractivity (Wildman–Crippen MR) is 68.4 cm³/mol. The van der Waals surface area contributed by atoms with E-state index < -0.39 is 0 Å². The molecule has 1 aromatic carbocycles. The van der Waals surface area contributed by atoms with Gasteiger partial charge in [-0.2, -0.15) is 0 Å². The Bertz CT molecular complexity index is 335. The van der Waals surface area contributed by atoms with Crippen molar-refractivity contribution in [3.8, 4) is 0 Å². The number of hydrogen-bond acceptors (Lipinski definition) is 3. The molecule has 2 nitrogen and oxygen atoms in total. The Labute approximate surface area is 100 Å². The molecule has 1 aliphatic rings. The minimum Gasteiger partial charge on any atom is -0.380 e. The van der Waals surface area contributed by atoms with Gasteiger partial charge in [-0.05, 0) is 37.4 Å². The summed E-state index contributed by atoms with van der Waals surface area (Å²) in [5.41, 5.74) is 1.00. The van der Waals surface area contributed by atoms with Crippen molar-refractivity contribution in [2.75, 3.05) is 24.7 Å². The molecule has 0 amide bonds. The SMILES string of the molecule is CSC(C)N1CC(Nc2ccc(F)cc2)C1. The van der Waals surface area contributed by atoms with Crippen LogP contribution >= 0.6 is 11.8 Å². The maximum atomic E-state index is 12.7. The van der Waals surface area contributed by atoms with Gasteiger partial charge < -0.3 is 5.32 Å². The molecule has 1 unspecified atom stereocenters. The monoisotopic (exact) mass is 240 g/mol. The van der Waals surface area contributed by atoms with E-state index in [2.05, 4.69) is 23.4 Å². The zero-order chi connectivity index (χ0) is 11.5. The van der Waals surface area contributed by atoms with E-state index in [1.54, 1.807) is 12.1 Å². The summed E-state index contributed by atoms with van der Waals surface area (Å²) in [5.74, 6) is -0.184. The number of rotatable bonds is 4. The van der Waals surface area contributed by atoms with Gasteiger partial charge in [0.25, 0.3) is 0 Å². The molecule has 4 heteroatoms. The van der Waals surface area contributed by atoms with Crippen molar-refractivity contribution in [2.45, 2.75) is 18.3 Å². The van der Waals surface area contributed by atoms with Crippen LogP contribution in [0.2, 0.25) is 0 Å². The molecule has 2 rings (SSSR count). The van der Waals surface area contributed by atoms with E-state index in [1.165, 1.54) is 12.1 Å². The van der Waals surface area contributed by atoms with Crippen molar-refractivity contribution < 1.29 is 4.39 Å². The van der Waals surface area contributed by atoms with Crippen molar-refractivity contribution in [1.29, 1.82) is 0 Å². The molecule has 0 saturated carbocycles. The first-order chi connectivity index (χ1) is 7.69. The summed E-state index contributed by atoms with van der Waals surface area (Å²) >= 11 is 1.87. The quantitative estimate of drug-likeness (QED) is 0.871. The van der Waals surface area contributed by atoms with E-state index in [9.17, 15) is 4.39 Å². The number of anilines is 1. The first-order valence-corrected chi connectivity index (χ1v) is 6.77. The molecule has 16 heavy (non-hydrogen) atoms. The summed E-state index contributed by atoms with van der Waals surface area (Å²) in [5, 5.41) is 3.99. The van der Waals surface area contributed by atoms with E-state index >= 15 is 0 Å². The largest absolute Gasteiger partial charge is 0.380 e. The van der Waals surface area contributed by atoms with Gasteiger partial charge in [-0.25, -0.2) is 4.39 Å². The van der Waals surface area contributed by atoms with Crippen LogP contribution in [0.4, 0.5) is 10.1 Å². The maximum Gasteiger partial charge on any atom is 0.123 e. The zero-order valence-corrected chi connectivity index (χ0v) is 10.4. The molecular weight excluding hydrogens is 223 g/mol. The second-order valence-electron chi connectivity index (χ2n) is 4.14. The number of benzene rings is 1. The number of likely N-dealkylation sites (tertiary alicyclic amines) is 1. The summed E-state index contributed by atoms with van der Waals surface area (Å²) in [7, 11) is 0. The Hall–Kier alpha value is -0.740. The molecule has 0 aliphatic carbocycles. The number of thioether (sulfide) groups is 1. The number of halogens is 1. The fourth-order valence-corrected chi connectivity index (χ4v) is 2.30. The Morgan fingerprint density at radius 3 is 2.56 bits per heavy atom. The third-order valence-electron chi connectivity index (χ3n) is 2.98. The normalized spacial score (nSPS) is 19.2. The second kappa shape index (κ2) is 5.06.